The Morgan fingerprint density at radius 2 is 2.00 bits per heavy atom. The monoisotopic (exact) mass is 261 g/mol. The van der Waals surface area contributed by atoms with E-state index in [2.05, 4.69) is 6.07 Å². The summed E-state index contributed by atoms with van der Waals surface area (Å²) >= 11 is 0. The van der Waals surface area contributed by atoms with Gasteiger partial charge in [-0.2, -0.15) is 5.26 Å². The number of carbonyl (C=O) groups is 1. The predicted octanol–water partition coefficient (Wildman–Crippen LogP) is 1.67. The van der Waals surface area contributed by atoms with Crippen LogP contribution in [0.15, 0.2) is 22.8 Å². The van der Waals surface area contributed by atoms with E-state index < -0.39 is 5.91 Å². The highest BCUT2D eigenvalue weighted by atomic mass is 16.5. The van der Waals surface area contributed by atoms with E-state index in [9.17, 15) is 10.1 Å². The summed E-state index contributed by atoms with van der Waals surface area (Å²) in [6.07, 6.45) is 5.42. The van der Waals surface area contributed by atoms with Crippen molar-refractivity contribution in [3.05, 3.63) is 22.8 Å². The fraction of sp³-hybridized carbons (Fsp3) is 0.571. The molecule has 1 amide bonds. The molecule has 1 heterocycles. The highest BCUT2D eigenvalue weighted by Crippen LogP contribution is 2.42. The van der Waals surface area contributed by atoms with Crippen molar-refractivity contribution in [2.24, 2.45) is 23.3 Å². The van der Waals surface area contributed by atoms with Crippen LogP contribution >= 0.6 is 0 Å². The first-order valence-corrected chi connectivity index (χ1v) is 6.64. The molecule has 0 bridgehead atoms. The largest absolute Gasteiger partial charge is 0.445 e. The lowest BCUT2D eigenvalue weighted by molar-refractivity contribution is -0.115. The predicted molar refractivity (Wildman–Crippen MR) is 69.9 cm³/mol. The van der Waals surface area contributed by atoms with Crippen molar-refractivity contribution in [2.45, 2.75) is 39.0 Å². The van der Waals surface area contributed by atoms with Crippen molar-refractivity contribution in [2.75, 3.05) is 0 Å². The summed E-state index contributed by atoms with van der Waals surface area (Å²) in [7, 11) is 0. The van der Waals surface area contributed by atoms with Crippen LogP contribution in [-0.4, -0.2) is 5.91 Å². The molecule has 1 fully saturated rings. The number of hydrogen-bond acceptors (Lipinski definition) is 4. The number of rotatable bonds is 2. The molecule has 2 aliphatic rings. The number of nitriles is 1. The van der Waals surface area contributed by atoms with E-state index in [4.69, 9.17) is 16.2 Å². The minimum Gasteiger partial charge on any atom is -0.445 e. The summed E-state index contributed by atoms with van der Waals surface area (Å²) in [6, 6.07) is 2.09. The van der Waals surface area contributed by atoms with Gasteiger partial charge < -0.3 is 16.2 Å². The zero-order valence-corrected chi connectivity index (χ0v) is 11.1. The molecule has 1 atom stereocenters. The molecule has 1 saturated carbocycles. The van der Waals surface area contributed by atoms with Gasteiger partial charge in [-0.1, -0.05) is 19.3 Å². The maximum absolute atomic E-state index is 11.7. The van der Waals surface area contributed by atoms with E-state index in [1.54, 1.807) is 6.92 Å². The molecule has 1 aliphatic carbocycles. The van der Waals surface area contributed by atoms with Crippen molar-refractivity contribution in [3.8, 4) is 6.07 Å². The van der Waals surface area contributed by atoms with Crippen molar-refractivity contribution < 1.29 is 9.53 Å². The fourth-order valence-corrected chi connectivity index (χ4v) is 3.18. The molecule has 19 heavy (non-hydrogen) atoms. The van der Waals surface area contributed by atoms with E-state index in [0.717, 1.165) is 25.7 Å². The van der Waals surface area contributed by atoms with E-state index in [1.165, 1.54) is 6.42 Å². The summed E-state index contributed by atoms with van der Waals surface area (Å²) in [5, 5.41) is 9.31. The van der Waals surface area contributed by atoms with Crippen molar-refractivity contribution >= 4 is 5.91 Å². The highest BCUT2D eigenvalue weighted by molar-refractivity contribution is 5.94. The lowest BCUT2D eigenvalue weighted by Gasteiger charge is -2.34. The van der Waals surface area contributed by atoms with Gasteiger partial charge in [0.2, 0.25) is 11.8 Å². The van der Waals surface area contributed by atoms with E-state index >= 15 is 0 Å². The van der Waals surface area contributed by atoms with Crippen LogP contribution in [0.1, 0.15) is 39.0 Å². The smallest absolute Gasteiger partial charge is 0.248 e. The number of allylic oxidation sites excluding steroid dienone is 2. The molecule has 0 unspecified atom stereocenters. The van der Waals surface area contributed by atoms with Gasteiger partial charge in [-0.15, -0.1) is 0 Å². The Balaban J connectivity index is 2.44. The average Bonchev–Trinajstić information content (AvgIpc) is 2.38. The molecule has 0 aromatic rings. The van der Waals surface area contributed by atoms with Crippen LogP contribution in [0.25, 0.3) is 0 Å². The van der Waals surface area contributed by atoms with Gasteiger partial charge in [0.05, 0.1) is 11.1 Å². The van der Waals surface area contributed by atoms with Gasteiger partial charge in [0.1, 0.15) is 11.8 Å². The molecular weight excluding hydrogens is 242 g/mol. The second-order valence-corrected chi connectivity index (χ2v) is 5.20. The van der Waals surface area contributed by atoms with Gasteiger partial charge in [0.15, 0.2) is 0 Å². The Kier molecular flexibility index (Phi) is 3.79. The second-order valence-electron chi connectivity index (χ2n) is 5.20. The topological polar surface area (TPSA) is 102 Å². The van der Waals surface area contributed by atoms with Crippen LogP contribution in [-0.2, 0) is 9.53 Å². The van der Waals surface area contributed by atoms with Crippen LogP contribution in [0.3, 0.4) is 0 Å². The van der Waals surface area contributed by atoms with E-state index in [1.807, 2.05) is 0 Å². The first kappa shape index (κ1) is 13.5. The number of hydrogen-bond donors (Lipinski definition) is 2. The minimum absolute atomic E-state index is 0.112. The van der Waals surface area contributed by atoms with E-state index in [0.29, 0.717) is 16.9 Å². The number of primary amides is 1. The molecule has 0 aromatic carbocycles. The van der Waals surface area contributed by atoms with Gasteiger partial charge in [0, 0.05) is 5.92 Å². The third-order valence-electron chi connectivity index (χ3n) is 4.04. The Bertz CT molecular complexity index is 493. The summed E-state index contributed by atoms with van der Waals surface area (Å²) in [6.45, 7) is 1.68. The van der Waals surface area contributed by atoms with Crippen LogP contribution < -0.4 is 11.5 Å². The number of ether oxygens (including phenoxy) is 1. The molecule has 0 spiro atoms. The Morgan fingerprint density at radius 3 is 2.53 bits per heavy atom. The van der Waals surface area contributed by atoms with Crippen LogP contribution in [0, 0.1) is 23.2 Å². The molecule has 5 heteroatoms. The highest BCUT2D eigenvalue weighted by Gasteiger charge is 2.38. The third-order valence-corrected chi connectivity index (χ3v) is 4.04. The second kappa shape index (κ2) is 5.35. The molecule has 0 aromatic heterocycles. The van der Waals surface area contributed by atoms with Gasteiger partial charge in [-0.25, -0.2) is 0 Å². The molecule has 0 radical (unpaired) electrons. The quantitative estimate of drug-likeness (QED) is 0.789. The molecule has 1 aliphatic heterocycles. The average molecular weight is 261 g/mol. The normalized spacial score (nSPS) is 24.9. The first-order chi connectivity index (χ1) is 9.06. The summed E-state index contributed by atoms with van der Waals surface area (Å²) in [5.41, 5.74) is 12.0. The maximum atomic E-state index is 11.7. The van der Waals surface area contributed by atoms with Crippen LogP contribution in [0.4, 0.5) is 0 Å². The van der Waals surface area contributed by atoms with Gasteiger partial charge in [-0.3, -0.25) is 4.79 Å². The van der Waals surface area contributed by atoms with Crippen molar-refractivity contribution in [1.29, 1.82) is 5.26 Å². The maximum Gasteiger partial charge on any atom is 0.248 e. The number of nitrogens with zero attached hydrogens (tertiary/aromatic N) is 1. The lowest BCUT2D eigenvalue weighted by atomic mass is 9.72. The molecule has 5 nitrogen and oxygen atoms in total. The number of nitrogens with two attached hydrogens (primary N) is 2. The van der Waals surface area contributed by atoms with E-state index in [-0.39, 0.29) is 17.7 Å². The minimum atomic E-state index is -0.520. The standard InChI is InChI=1S/C14H19N3O2/c1-8-11(13(16)18)12(9-5-3-2-4-6-9)10(7-15)14(17)19-8/h9,12H,2-6,17H2,1H3,(H2,16,18)/t12-/m1/s1. The zero-order valence-electron chi connectivity index (χ0n) is 11.1. The van der Waals surface area contributed by atoms with Crippen LogP contribution in [0.5, 0.6) is 0 Å². The number of carbonyl (C=O) groups excluding carboxylic acids is 1. The molecule has 0 saturated heterocycles. The molecule has 2 rings (SSSR count). The molecular formula is C14H19N3O2. The first-order valence-electron chi connectivity index (χ1n) is 6.64. The van der Waals surface area contributed by atoms with Crippen molar-refractivity contribution in [3.63, 3.8) is 0 Å². The Hall–Kier alpha value is -1.96. The van der Waals surface area contributed by atoms with Gasteiger partial charge in [0.25, 0.3) is 0 Å². The van der Waals surface area contributed by atoms with Gasteiger partial charge >= 0.3 is 0 Å². The summed E-state index contributed by atoms with van der Waals surface area (Å²) < 4.78 is 5.30. The molecule has 102 valence electrons. The van der Waals surface area contributed by atoms with Gasteiger partial charge in [-0.05, 0) is 25.7 Å². The lowest BCUT2D eigenvalue weighted by Crippen LogP contribution is -2.34. The van der Waals surface area contributed by atoms with Crippen molar-refractivity contribution in [1.82, 2.24) is 0 Å². The SMILES string of the molecule is CC1=C(C(N)=O)[C@H](C2CCCCC2)C(C#N)=C(N)O1. The fourth-order valence-electron chi connectivity index (χ4n) is 3.18. The summed E-state index contributed by atoms with van der Waals surface area (Å²) in [5.74, 6) is -0.0201. The number of amides is 1. The molecule has 4 N–H and O–H groups in total. The Morgan fingerprint density at radius 1 is 1.37 bits per heavy atom. The summed E-state index contributed by atoms with van der Waals surface area (Å²) in [4.78, 5) is 11.7. The zero-order chi connectivity index (χ0) is 14.0. The Labute approximate surface area is 112 Å². The van der Waals surface area contributed by atoms with Crippen LogP contribution in [0.2, 0.25) is 0 Å². The third kappa shape index (κ3) is 2.43.